The number of hydrogen-bond donors (Lipinski definition) is 2. The maximum atomic E-state index is 12.8. The summed E-state index contributed by atoms with van der Waals surface area (Å²) in [6.45, 7) is 4.02. The maximum absolute atomic E-state index is 12.8. The van der Waals surface area contributed by atoms with E-state index in [0.29, 0.717) is 29.3 Å². The second-order valence-electron chi connectivity index (χ2n) is 6.56. The molecule has 0 aliphatic rings. The zero-order chi connectivity index (χ0) is 22.4. The minimum absolute atomic E-state index is 0.0252. The summed E-state index contributed by atoms with van der Waals surface area (Å²) in [5.41, 5.74) is 3.53. The highest BCUT2D eigenvalue weighted by Gasteiger charge is 2.21. The highest BCUT2D eigenvalue weighted by molar-refractivity contribution is 6.39. The van der Waals surface area contributed by atoms with Crippen LogP contribution in [0.3, 0.4) is 0 Å². The van der Waals surface area contributed by atoms with Crippen molar-refractivity contribution in [1.29, 1.82) is 0 Å². The molecule has 0 bridgehead atoms. The van der Waals surface area contributed by atoms with Crippen LogP contribution in [0.4, 0.5) is 5.69 Å². The number of hydrazone groups is 1. The Kier molecular flexibility index (Phi) is 6.66. The Morgan fingerprint density at radius 1 is 1.06 bits per heavy atom. The normalized spacial score (nSPS) is 10.8. The molecule has 2 N–H and O–H groups in total. The molecule has 0 saturated carbocycles. The number of hydrogen-bond acceptors (Lipinski definition) is 5. The lowest BCUT2D eigenvalue weighted by Gasteiger charge is -2.07. The Bertz CT molecular complexity index is 1180. The lowest BCUT2D eigenvalue weighted by atomic mass is 10.2. The van der Waals surface area contributed by atoms with Crippen molar-refractivity contribution in [2.24, 2.45) is 12.1 Å². The van der Waals surface area contributed by atoms with E-state index in [-0.39, 0.29) is 5.69 Å². The fraction of sp³-hybridized carbons (Fsp3) is 0.182. The van der Waals surface area contributed by atoms with Crippen LogP contribution in [0.5, 0.6) is 5.75 Å². The van der Waals surface area contributed by atoms with Crippen LogP contribution in [-0.2, 0) is 16.6 Å². The van der Waals surface area contributed by atoms with Gasteiger partial charge in [0.1, 0.15) is 11.4 Å². The molecular weight excluding hydrogens is 398 g/mol. The van der Waals surface area contributed by atoms with Gasteiger partial charge in [0.15, 0.2) is 0 Å². The topological polar surface area (TPSA) is 107 Å². The molecule has 0 spiro atoms. The summed E-state index contributed by atoms with van der Waals surface area (Å²) in [6.07, 6.45) is 1.38. The highest BCUT2D eigenvalue weighted by atomic mass is 16.5. The Morgan fingerprint density at radius 3 is 2.45 bits per heavy atom. The van der Waals surface area contributed by atoms with Crippen LogP contribution in [0.1, 0.15) is 18.2 Å². The molecule has 0 aliphatic heterocycles. The number of amides is 2. The first-order valence-corrected chi connectivity index (χ1v) is 9.64. The van der Waals surface area contributed by atoms with Crippen molar-refractivity contribution < 1.29 is 14.3 Å². The van der Waals surface area contributed by atoms with E-state index < -0.39 is 17.4 Å². The lowest BCUT2D eigenvalue weighted by molar-refractivity contribution is -0.136. The number of aromatic nitrogens is 2. The van der Waals surface area contributed by atoms with E-state index in [0.717, 1.165) is 0 Å². The van der Waals surface area contributed by atoms with Crippen molar-refractivity contribution >= 4 is 23.7 Å². The minimum atomic E-state index is -1.00. The highest BCUT2D eigenvalue weighted by Crippen LogP contribution is 2.16. The first-order valence-electron chi connectivity index (χ1n) is 9.64. The van der Waals surface area contributed by atoms with Gasteiger partial charge in [0, 0.05) is 12.6 Å². The fourth-order valence-corrected chi connectivity index (χ4v) is 2.97. The van der Waals surface area contributed by atoms with E-state index >= 15 is 0 Å². The second-order valence-corrected chi connectivity index (χ2v) is 6.56. The van der Waals surface area contributed by atoms with Crippen LogP contribution in [-0.4, -0.2) is 34.0 Å². The first-order chi connectivity index (χ1) is 14.9. The summed E-state index contributed by atoms with van der Waals surface area (Å²) in [6, 6.07) is 16.1. The number of para-hydroxylation sites is 2. The van der Waals surface area contributed by atoms with Crippen LogP contribution < -0.4 is 21.0 Å². The van der Waals surface area contributed by atoms with Gasteiger partial charge in [0.25, 0.3) is 5.56 Å². The van der Waals surface area contributed by atoms with E-state index in [9.17, 15) is 14.4 Å². The summed E-state index contributed by atoms with van der Waals surface area (Å²) in [5.74, 6) is -1.39. The minimum Gasteiger partial charge on any atom is -0.493 e. The average Bonchev–Trinajstić information content (AvgIpc) is 2.98. The van der Waals surface area contributed by atoms with Gasteiger partial charge in [-0.2, -0.15) is 5.10 Å². The summed E-state index contributed by atoms with van der Waals surface area (Å²) < 4.78 is 8.49. The molecule has 2 aromatic carbocycles. The quantitative estimate of drug-likeness (QED) is 0.360. The van der Waals surface area contributed by atoms with Crippen molar-refractivity contribution in [2.75, 3.05) is 11.9 Å². The van der Waals surface area contributed by atoms with Crippen LogP contribution >= 0.6 is 0 Å². The largest absolute Gasteiger partial charge is 0.493 e. The van der Waals surface area contributed by atoms with Gasteiger partial charge < -0.3 is 10.1 Å². The molecule has 0 aliphatic carbocycles. The second kappa shape index (κ2) is 9.57. The van der Waals surface area contributed by atoms with Crippen LogP contribution in [0.25, 0.3) is 5.69 Å². The monoisotopic (exact) mass is 421 g/mol. The number of carbonyl (C=O) groups excluding carboxylic acids is 2. The van der Waals surface area contributed by atoms with Crippen LogP contribution in [0.15, 0.2) is 64.5 Å². The molecule has 0 radical (unpaired) electrons. The molecule has 0 fully saturated rings. The number of benzene rings is 2. The molecule has 160 valence electrons. The van der Waals surface area contributed by atoms with Crippen molar-refractivity contribution in [3.05, 3.63) is 76.2 Å². The summed E-state index contributed by atoms with van der Waals surface area (Å²) >= 11 is 0. The van der Waals surface area contributed by atoms with Crippen molar-refractivity contribution in [3.63, 3.8) is 0 Å². The van der Waals surface area contributed by atoms with Gasteiger partial charge in [-0.15, -0.1) is 0 Å². The van der Waals surface area contributed by atoms with Gasteiger partial charge in [0.2, 0.25) is 0 Å². The van der Waals surface area contributed by atoms with Gasteiger partial charge in [-0.05, 0) is 38.1 Å². The number of carbonyl (C=O) groups is 2. The van der Waals surface area contributed by atoms with Crippen molar-refractivity contribution in [1.82, 2.24) is 14.8 Å². The summed E-state index contributed by atoms with van der Waals surface area (Å²) in [5, 5.41) is 6.19. The zero-order valence-corrected chi connectivity index (χ0v) is 17.5. The Morgan fingerprint density at radius 2 is 1.74 bits per heavy atom. The Balaban J connectivity index is 1.72. The molecule has 3 aromatic rings. The number of nitrogens with one attached hydrogen (secondary N) is 2. The molecule has 1 aromatic heterocycles. The van der Waals surface area contributed by atoms with Crippen LogP contribution in [0, 0.1) is 6.92 Å². The number of anilines is 1. The molecule has 0 atom stereocenters. The van der Waals surface area contributed by atoms with E-state index in [1.54, 1.807) is 61.1 Å². The third-order valence-electron chi connectivity index (χ3n) is 4.59. The Hall–Kier alpha value is -4.14. The van der Waals surface area contributed by atoms with E-state index in [2.05, 4.69) is 15.8 Å². The third-order valence-corrected chi connectivity index (χ3v) is 4.59. The van der Waals surface area contributed by atoms with Crippen LogP contribution in [0.2, 0.25) is 0 Å². The molecule has 0 saturated heterocycles. The lowest BCUT2D eigenvalue weighted by Crippen LogP contribution is -2.34. The molecule has 3 rings (SSSR count). The first kappa shape index (κ1) is 21.6. The van der Waals surface area contributed by atoms with E-state index in [1.807, 2.05) is 19.1 Å². The van der Waals surface area contributed by atoms with Crippen molar-refractivity contribution in [2.45, 2.75) is 13.8 Å². The molecule has 31 heavy (non-hydrogen) atoms. The molecule has 9 nitrogen and oxygen atoms in total. The predicted octanol–water partition coefficient (Wildman–Crippen LogP) is 1.97. The molecule has 9 heteroatoms. The van der Waals surface area contributed by atoms with E-state index in [1.165, 1.54) is 10.9 Å². The number of ether oxygens (including phenoxy) is 1. The van der Waals surface area contributed by atoms with Gasteiger partial charge in [-0.1, -0.05) is 30.3 Å². The zero-order valence-electron chi connectivity index (χ0n) is 17.5. The van der Waals surface area contributed by atoms with Gasteiger partial charge in [-0.25, -0.2) is 10.1 Å². The predicted molar refractivity (Wildman–Crippen MR) is 118 cm³/mol. The number of rotatable bonds is 6. The Labute approximate surface area is 178 Å². The van der Waals surface area contributed by atoms with E-state index in [4.69, 9.17) is 4.74 Å². The van der Waals surface area contributed by atoms with Gasteiger partial charge in [0.05, 0.1) is 24.2 Å². The fourth-order valence-electron chi connectivity index (χ4n) is 2.97. The maximum Gasteiger partial charge on any atom is 0.329 e. The number of nitrogens with zero attached hydrogens (tertiary/aromatic N) is 3. The SMILES string of the molecule is CCOc1ccccc1/C=N/NC(=O)C(=O)Nc1c(C)n(C)n(-c2ccccc2)c1=O. The third kappa shape index (κ3) is 4.72. The molecule has 2 amide bonds. The molecule has 1 heterocycles. The molecule has 0 unspecified atom stereocenters. The van der Waals surface area contributed by atoms with Gasteiger partial charge >= 0.3 is 11.8 Å². The summed E-state index contributed by atoms with van der Waals surface area (Å²) in [4.78, 5) is 37.3. The van der Waals surface area contributed by atoms with Crippen molar-refractivity contribution in [3.8, 4) is 11.4 Å². The smallest absolute Gasteiger partial charge is 0.329 e. The average molecular weight is 421 g/mol. The summed E-state index contributed by atoms with van der Waals surface area (Å²) in [7, 11) is 1.69. The standard InChI is InChI=1S/C22H23N5O4/c1-4-31-18-13-9-8-10-16(18)14-23-25-21(29)20(28)24-19-15(2)26(3)27(22(19)30)17-11-6-5-7-12-17/h5-14H,4H2,1-3H3,(H,24,28)(H,25,29)/b23-14+. The van der Waals surface area contributed by atoms with Gasteiger partial charge in [-0.3, -0.25) is 19.1 Å². The molecular formula is C22H23N5O4.